The third kappa shape index (κ3) is 4.19. The molecule has 1 aliphatic heterocycles. The molecule has 1 aliphatic carbocycles. The van der Waals surface area contributed by atoms with Gasteiger partial charge in [-0.05, 0) is 11.8 Å². The van der Waals surface area contributed by atoms with Crippen LogP contribution >= 0.6 is 0 Å². The van der Waals surface area contributed by atoms with Crippen molar-refractivity contribution in [2.75, 3.05) is 33.4 Å². The molecule has 1 saturated heterocycles. The number of hydrogen-bond donors (Lipinski definition) is 1. The molecule has 2 aliphatic rings. The molecular formula is C16H30N2O2. The van der Waals surface area contributed by atoms with Crippen LogP contribution in [0.1, 0.15) is 44.9 Å². The highest BCUT2D eigenvalue weighted by Crippen LogP contribution is 2.36. The normalized spacial score (nSPS) is 30.1. The van der Waals surface area contributed by atoms with Gasteiger partial charge < -0.3 is 10.5 Å². The molecule has 2 atom stereocenters. The van der Waals surface area contributed by atoms with Crippen LogP contribution in [0.15, 0.2) is 0 Å². The zero-order valence-corrected chi connectivity index (χ0v) is 12.9. The quantitative estimate of drug-likeness (QED) is 0.839. The first-order chi connectivity index (χ1) is 9.72. The Labute approximate surface area is 123 Å². The number of nitrogens with two attached hydrogens (primary N) is 1. The van der Waals surface area contributed by atoms with Gasteiger partial charge in [0.2, 0.25) is 5.91 Å². The van der Waals surface area contributed by atoms with Gasteiger partial charge in [-0.25, -0.2) is 0 Å². The third-order valence-electron chi connectivity index (χ3n) is 5.17. The fourth-order valence-electron chi connectivity index (χ4n) is 4.01. The average Bonchev–Trinajstić information content (AvgIpc) is 2.80. The number of methoxy groups -OCH3 is 1. The van der Waals surface area contributed by atoms with Crippen LogP contribution in [-0.4, -0.2) is 44.2 Å². The average molecular weight is 282 g/mol. The Bertz CT molecular complexity index is 301. The molecule has 2 N–H and O–H groups in total. The number of ether oxygens (including phenoxy) is 1. The summed E-state index contributed by atoms with van der Waals surface area (Å²) in [6.45, 7) is 3.52. The highest BCUT2D eigenvalue weighted by atomic mass is 16.5. The van der Waals surface area contributed by atoms with Crippen LogP contribution in [-0.2, 0) is 9.53 Å². The van der Waals surface area contributed by atoms with Gasteiger partial charge in [0.05, 0.1) is 12.5 Å². The molecular weight excluding hydrogens is 252 g/mol. The predicted octanol–water partition coefficient (Wildman–Crippen LogP) is 2.03. The summed E-state index contributed by atoms with van der Waals surface area (Å²) in [4.78, 5) is 14.2. The van der Waals surface area contributed by atoms with Crippen molar-refractivity contribution in [2.45, 2.75) is 44.9 Å². The minimum Gasteiger partial charge on any atom is -0.383 e. The Balaban J connectivity index is 1.96. The molecule has 1 heterocycles. The van der Waals surface area contributed by atoms with E-state index in [1.165, 1.54) is 44.9 Å². The number of carbonyl (C=O) groups excluding carboxylic acids is 1. The van der Waals surface area contributed by atoms with E-state index in [1.807, 2.05) is 0 Å². The molecule has 1 saturated carbocycles. The van der Waals surface area contributed by atoms with E-state index >= 15 is 0 Å². The Morgan fingerprint density at radius 2 is 1.80 bits per heavy atom. The molecule has 4 heteroatoms. The van der Waals surface area contributed by atoms with Gasteiger partial charge in [0.1, 0.15) is 0 Å². The number of likely N-dealkylation sites (tertiary alicyclic amines) is 1. The SMILES string of the molecule is COCCN1CC(C2CCCCCCC2)[C@@H](C(N)=O)C1. The van der Waals surface area contributed by atoms with Gasteiger partial charge in [0, 0.05) is 26.7 Å². The molecule has 0 spiro atoms. The van der Waals surface area contributed by atoms with Gasteiger partial charge in [0.15, 0.2) is 0 Å². The van der Waals surface area contributed by atoms with Crippen molar-refractivity contribution < 1.29 is 9.53 Å². The van der Waals surface area contributed by atoms with Crippen LogP contribution in [0.4, 0.5) is 0 Å². The fraction of sp³-hybridized carbons (Fsp3) is 0.938. The summed E-state index contributed by atoms with van der Waals surface area (Å²) in [5.74, 6) is 1.12. The summed E-state index contributed by atoms with van der Waals surface area (Å²) in [6.07, 6.45) is 9.32. The Hall–Kier alpha value is -0.610. The lowest BCUT2D eigenvalue weighted by molar-refractivity contribution is -0.123. The monoisotopic (exact) mass is 282 g/mol. The van der Waals surface area contributed by atoms with E-state index < -0.39 is 0 Å². The Morgan fingerprint density at radius 3 is 2.40 bits per heavy atom. The van der Waals surface area contributed by atoms with E-state index in [0.717, 1.165) is 26.2 Å². The van der Waals surface area contributed by atoms with E-state index in [2.05, 4.69) is 4.90 Å². The second-order valence-corrected chi connectivity index (χ2v) is 6.53. The van der Waals surface area contributed by atoms with E-state index in [-0.39, 0.29) is 11.8 Å². The zero-order chi connectivity index (χ0) is 14.4. The van der Waals surface area contributed by atoms with Gasteiger partial charge in [-0.3, -0.25) is 9.69 Å². The van der Waals surface area contributed by atoms with Crippen LogP contribution in [0.25, 0.3) is 0 Å². The second kappa shape index (κ2) is 7.99. The highest BCUT2D eigenvalue weighted by molar-refractivity contribution is 5.77. The standard InChI is InChI=1S/C16H30N2O2/c1-20-10-9-18-11-14(15(12-18)16(17)19)13-7-5-3-2-4-6-8-13/h13-15H,2-12H2,1H3,(H2,17,19)/t14?,15-/m0/s1. The largest absolute Gasteiger partial charge is 0.383 e. The molecule has 0 aromatic carbocycles. The molecule has 0 bridgehead atoms. The van der Waals surface area contributed by atoms with E-state index in [4.69, 9.17) is 10.5 Å². The lowest BCUT2D eigenvalue weighted by Crippen LogP contribution is -2.33. The maximum atomic E-state index is 11.8. The minimum absolute atomic E-state index is 0.0521. The predicted molar refractivity (Wildman–Crippen MR) is 80.3 cm³/mol. The molecule has 1 unspecified atom stereocenters. The highest BCUT2D eigenvalue weighted by Gasteiger charge is 2.40. The first-order valence-corrected chi connectivity index (χ1v) is 8.23. The number of hydrogen-bond acceptors (Lipinski definition) is 3. The number of rotatable bonds is 5. The lowest BCUT2D eigenvalue weighted by atomic mass is 9.77. The first-order valence-electron chi connectivity index (χ1n) is 8.23. The second-order valence-electron chi connectivity index (χ2n) is 6.53. The molecule has 1 amide bonds. The summed E-state index contributed by atoms with van der Waals surface area (Å²) >= 11 is 0. The molecule has 0 aromatic heterocycles. The molecule has 116 valence electrons. The van der Waals surface area contributed by atoms with Crippen molar-refractivity contribution in [1.29, 1.82) is 0 Å². The molecule has 0 radical (unpaired) electrons. The summed E-state index contributed by atoms with van der Waals surface area (Å²) < 4.78 is 5.16. The maximum Gasteiger partial charge on any atom is 0.222 e. The van der Waals surface area contributed by atoms with Crippen molar-refractivity contribution in [3.8, 4) is 0 Å². The number of amides is 1. The maximum absolute atomic E-state index is 11.8. The Morgan fingerprint density at radius 1 is 1.15 bits per heavy atom. The zero-order valence-electron chi connectivity index (χ0n) is 12.9. The molecule has 0 aromatic rings. The van der Waals surface area contributed by atoms with Gasteiger partial charge in [-0.15, -0.1) is 0 Å². The van der Waals surface area contributed by atoms with Crippen LogP contribution in [0, 0.1) is 17.8 Å². The van der Waals surface area contributed by atoms with Crippen LogP contribution < -0.4 is 5.73 Å². The topological polar surface area (TPSA) is 55.6 Å². The molecule has 2 fully saturated rings. The molecule has 4 nitrogen and oxygen atoms in total. The van der Waals surface area contributed by atoms with Crippen molar-refractivity contribution in [2.24, 2.45) is 23.5 Å². The van der Waals surface area contributed by atoms with Crippen LogP contribution in [0.5, 0.6) is 0 Å². The summed E-state index contributed by atoms with van der Waals surface area (Å²) in [5.41, 5.74) is 5.66. The molecule has 20 heavy (non-hydrogen) atoms. The number of carbonyl (C=O) groups is 1. The lowest BCUT2D eigenvalue weighted by Gasteiger charge is -2.28. The van der Waals surface area contributed by atoms with E-state index in [1.54, 1.807) is 7.11 Å². The van der Waals surface area contributed by atoms with Gasteiger partial charge in [-0.1, -0.05) is 44.9 Å². The summed E-state index contributed by atoms with van der Waals surface area (Å²) in [6, 6.07) is 0. The number of primary amides is 1. The number of nitrogens with zero attached hydrogens (tertiary/aromatic N) is 1. The first kappa shape index (κ1) is 15.8. The van der Waals surface area contributed by atoms with Gasteiger partial charge in [-0.2, -0.15) is 0 Å². The van der Waals surface area contributed by atoms with Crippen molar-refractivity contribution in [3.05, 3.63) is 0 Å². The van der Waals surface area contributed by atoms with Crippen molar-refractivity contribution in [3.63, 3.8) is 0 Å². The van der Waals surface area contributed by atoms with E-state index in [9.17, 15) is 4.79 Å². The Kier molecular flexibility index (Phi) is 6.30. The minimum atomic E-state index is -0.100. The van der Waals surface area contributed by atoms with Crippen LogP contribution in [0.3, 0.4) is 0 Å². The van der Waals surface area contributed by atoms with Gasteiger partial charge in [0.25, 0.3) is 0 Å². The van der Waals surface area contributed by atoms with E-state index in [0.29, 0.717) is 11.8 Å². The van der Waals surface area contributed by atoms with Crippen LogP contribution in [0.2, 0.25) is 0 Å². The van der Waals surface area contributed by atoms with Gasteiger partial charge >= 0.3 is 0 Å². The summed E-state index contributed by atoms with van der Waals surface area (Å²) in [5, 5.41) is 0. The van der Waals surface area contributed by atoms with Crippen molar-refractivity contribution in [1.82, 2.24) is 4.90 Å². The fourth-order valence-corrected chi connectivity index (χ4v) is 4.01. The molecule has 2 rings (SSSR count). The smallest absolute Gasteiger partial charge is 0.222 e. The van der Waals surface area contributed by atoms with Crippen molar-refractivity contribution >= 4 is 5.91 Å². The third-order valence-corrected chi connectivity index (χ3v) is 5.17. The summed E-state index contributed by atoms with van der Waals surface area (Å²) in [7, 11) is 1.73.